The molecule has 0 spiro atoms. The van der Waals surface area contributed by atoms with Crippen LogP contribution in [0.3, 0.4) is 0 Å². The Balaban J connectivity index is 2.28. The summed E-state index contributed by atoms with van der Waals surface area (Å²) in [5.41, 5.74) is 0.522. The predicted molar refractivity (Wildman–Crippen MR) is 50.5 cm³/mol. The first-order valence-electron chi connectivity index (χ1n) is 4.11. The van der Waals surface area contributed by atoms with Gasteiger partial charge < -0.3 is 4.74 Å². The maximum Gasteiger partial charge on any atom is 0.165 e. The van der Waals surface area contributed by atoms with E-state index >= 15 is 0 Å². The fourth-order valence-electron chi connectivity index (χ4n) is 1.09. The molecular formula is C10H8N2O2. The highest BCUT2D eigenvalue weighted by molar-refractivity contribution is 5.79. The molecule has 1 aromatic carbocycles. The number of carbonyl (C=O) groups excluding carboxylic acids is 1. The Bertz CT molecular complexity index is 423. The Morgan fingerprint density at radius 3 is 2.93 bits per heavy atom. The number of nitrogens with zero attached hydrogens (tertiary/aromatic N) is 1. The number of nitrogens with one attached hydrogen (secondary N) is 1. The number of hydrogen-bond donors (Lipinski definition) is 1. The first kappa shape index (κ1) is 8.50. The minimum Gasteiger partial charge on any atom is -0.453 e. The maximum absolute atomic E-state index is 10.7. The number of para-hydroxylation sites is 1. The number of ether oxygens (including phenoxy) is 1. The maximum atomic E-state index is 10.7. The molecule has 0 radical (unpaired) electrons. The lowest BCUT2D eigenvalue weighted by Gasteiger charge is -2.03. The topological polar surface area (TPSA) is 55.0 Å². The molecule has 0 aliphatic carbocycles. The average Bonchev–Trinajstić information content (AvgIpc) is 2.71. The van der Waals surface area contributed by atoms with Crippen LogP contribution in [0.5, 0.6) is 11.5 Å². The van der Waals surface area contributed by atoms with Crippen LogP contribution in [0, 0.1) is 0 Å². The standard InChI is InChI=1S/C10H8N2O2/c13-7-8-3-1-2-4-10(8)14-9-5-11-12-6-9/h1-7H,(H,11,12). The average molecular weight is 188 g/mol. The number of rotatable bonds is 3. The lowest BCUT2D eigenvalue weighted by molar-refractivity contribution is 0.112. The summed E-state index contributed by atoms with van der Waals surface area (Å²) >= 11 is 0. The molecule has 0 amide bonds. The van der Waals surface area contributed by atoms with E-state index in [2.05, 4.69) is 10.2 Å². The molecule has 0 atom stereocenters. The third kappa shape index (κ3) is 1.64. The van der Waals surface area contributed by atoms with Gasteiger partial charge in [0.1, 0.15) is 5.75 Å². The highest BCUT2D eigenvalue weighted by Crippen LogP contribution is 2.22. The molecule has 70 valence electrons. The molecule has 0 fully saturated rings. The molecule has 4 heteroatoms. The number of H-pyrrole nitrogens is 1. The molecule has 2 aromatic rings. The van der Waals surface area contributed by atoms with Crippen LogP contribution in [0.1, 0.15) is 10.4 Å². The van der Waals surface area contributed by atoms with Gasteiger partial charge in [0.15, 0.2) is 12.0 Å². The zero-order chi connectivity index (χ0) is 9.80. The van der Waals surface area contributed by atoms with E-state index in [-0.39, 0.29) is 0 Å². The molecular weight excluding hydrogens is 180 g/mol. The van der Waals surface area contributed by atoms with Crippen LogP contribution in [0.25, 0.3) is 0 Å². The van der Waals surface area contributed by atoms with E-state index < -0.39 is 0 Å². The van der Waals surface area contributed by atoms with Crippen LogP contribution in [-0.2, 0) is 0 Å². The summed E-state index contributed by atoms with van der Waals surface area (Å²) in [6.45, 7) is 0. The van der Waals surface area contributed by atoms with Crippen molar-refractivity contribution >= 4 is 6.29 Å². The first-order valence-corrected chi connectivity index (χ1v) is 4.11. The summed E-state index contributed by atoms with van der Waals surface area (Å²) in [7, 11) is 0. The fraction of sp³-hybridized carbons (Fsp3) is 0. The van der Waals surface area contributed by atoms with Crippen LogP contribution in [0.15, 0.2) is 36.7 Å². The second kappa shape index (κ2) is 3.74. The van der Waals surface area contributed by atoms with Gasteiger partial charge in [-0.05, 0) is 12.1 Å². The van der Waals surface area contributed by atoms with Crippen molar-refractivity contribution in [1.29, 1.82) is 0 Å². The summed E-state index contributed by atoms with van der Waals surface area (Å²) < 4.78 is 5.42. The van der Waals surface area contributed by atoms with Crippen LogP contribution in [0.2, 0.25) is 0 Å². The lowest BCUT2D eigenvalue weighted by Crippen LogP contribution is -1.88. The fourth-order valence-corrected chi connectivity index (χ4v) is 1.09. The van der Waals surface area contributed by atoms with Crippen LogP contribution >= 0.6 is 0 Å². The number of carbonyl (C=O) groups is 1. The smallest absolute Gasteiger partial charge is 0.165 e. The largest absolute Gasteiger partial charge is 0.453 e. The third-order valence-corrected chi connectivity index (χ3v) is 1.75. The zero-order valence-corrected chi connectivity index (χ0v) is 7.31. The number of hydrogen-bond acceptors (Lipinski definition) is 3. The molecule has 2 rings (SSSR count). The molecule has 1 N–H and O–H groups in total. The van der Waals surface area contributed by atoms with Crippen molar-refractivity contribution in [3.05, 3.63) is 42.2 Å². The van der Waals surface area contributed by atoms with E-state index in [9.17, 15) is 4.79 Å². The monoisotopic (exact) mass is 188 g/mol. The predicted octanol–water partition coefficient (Wildman–Crippen LogP) is 2.01. The van der Waals surface area contributed by atoms with Crippen molar-refractivity contribution in [2.75, 3.05) is 0 Å². The van der Waals surface area contributed by atoms with Gasteiger partial charge in [0.05, 0.1) is 18.0 Å². The number of benzene rings is 1. The summed E-state index contributed by atoms with van der Waals surface area (Å²) in [5, 5.41) is 6.36. The van der Waals surface area contributed by atoms with Gasteiger partial charge in [0, 0.05) is 0 Å². The van der Waals surface area contributed by atoms with Gasteiger partial charge >= 0.3 is 0 Å². The Hall–Kier alpha value is -2.10. The van der Waals surface area contributed by atoms with E-state index in [0.29, 0.717) is 17.1 Å². The van der Waals surface area contributed by atoms with Gasteiger partial charge in [-0.2, -0.15) is 5.10 Å². The Labute approximate surface area is 80.5 Å². The summed E-state index contributed by atoms with van der Waals surface area (Å²) in [6, 6.07) is 7.02. The molecule has 4 nitrogen and oxygen atoms in total. The van der Waals surface area contributed by atoms with E-state index in [4.69, 9.17) is 4.74 Å². The second-order valence-corrected chi connectivity index (χ2v) is 2.69. The van der Waals surface area contributed by atoms with Crippen molar-refractivity contribution in [2.24, 2.45) is 0 Å². The van der Waals surface area contributed by atoms with E-state index in [1.807, 2.05) is 6.07 Å². The molecule has 14 heavy (non-hydrogen) atoms. The summed E-state index contributed by atoms with van der Waals surface area (Å²) in [5.74, 6) is 1.11. The van der Waals surface area contributed by atoms with Crippen molar-refractivity contribution in [1.82, 2.24) is 10.2 Å². The minimum atomic E-state index is 0.522. The number of aromatic nitrogens is 2. The lowest BCUT2D eigenvalue weighted by atomic mass is 10.2. The summed E-state index contributed by atoms with van der Waals surface area (Å²) in [6.07, 6.45) is 3.92. The SMILES string of the molecule is O=Cc1ccccc1Oc1cn[nH]c1. The van der Waals surface area contributed by atoms with Crippen molar-refractivity contribution in [3.63, 3.8) is 0 Å². The van der Waals surface area contributed by atoms with Crippen LogP contribution in [-0.4, -0.2) is 16.5 Å². The van der Waals surface area contributed by atoms with Gasteiger partial charge in [0.2, 0.25) is 0 Å². The molecule has 0 bridgehead atoms. The van der Waals surface area contributed by atoms with Gasteiger partial charge in [-0.3, -0.25) is 9.89 Å². The minimum absolute atomic E-state index is 0.522. The molecule has 0 aliphatic rings. The number of aromatic amines is 1. The van der Waals surface area contributed by atoms with Crippen molar-refractivity contribution < 1.29 is 9.53 Å². The zero-order valence-electron chi connectivity index (χ0n) is 7.31. The number of aldehydes is 1. The van der Waals surface area contributed by atoms with Gasteiger partial charge in [-0.1, -0.05) is 12.1 Å². The Morgan fingerprint density at radius 1 is 1.36 bits per heavy atom. The second-order valence-electron chi connectivity index (χ2n) is 2.69. The van der Waals surface area contributed by atoms with Crippen molar-refractivity contribution in [2.45, 2.75) is 0 Å². The molecule has 0 aliphatic heterocycles. The van der Waals surface area contributed by atoms with Gasteiger partial charge in [0.25, 0.3) is 0 Å². The van der Waals surface area contributed by atoms with Gasteiger partial charge in [-0.15, -0.1) is 0 Å². The van der Waals surface area contributed by atoms with Gasteiger partial charge in [-0.25, -0.2) is 0 Å². The third-order valence-electron chi connectivity index (χ3n) is 1.75. The highest BCUT2D eigenvalue weighted by atomic mass is 16.5. The highest BCUT2D eigenvalue weighted by Gasteiger charge is 2.02. The molecule has 1 heterocycles. The Kier molecular flexibility index (Phi) is 2.27. The molecule has 1 aromatic heterocycles. The molecule has 0 saturated heterocycles. The summed E-state index contributed by atoms with van der Waals surface area (Å²) in [4.78, 5) is 10.7. The van der Waals surface area contributed by atoms with E-state index in [1.165, 1.54) is 0 Å². The normalized spacial score (nSPS) is 9.71. The molecule has 0 unspecified atom stereocenters. The quantitative estimate of drug-likeness (QED) is 0.749. The van der Waals surface area contributed by atoms with Crippen LogP contribution in [0.4, 0.5) is 0 Å². The molecule has 0 saturated carbocycles. The van der Waals surface area contributed by atoms with E-state index in [1.54, 1.807) is 30.6 Å². The van der Waals surface area contributed by atoms with Crippen molar-refractivity contribution in [3.8, 4) is 11.5 Å². The van der Waals surface area contributed by atoms with E-state index in [0.717, 1.165) is 6.29 Å². The first-order chi connectivity index (χ1) is 6.90. The van der Waals surface area contributed by atoms with Crippen LogP contribution < -0.4 is 4.74 Å². The Morgan fingerprint density at radius 2 is 2.21 bits per heavy atom.